The van der Waals surface area contributed by atoms with Crippen LogP contribution in [0.15, 0.2) is 36.4 Å². The van der Waals surface area contributed by atoms with Crippen LogP contribution in [-0.2, 0) is 0 Å². The van der Waals surface area contributed by atoms with Crippen molar-refractivity contribution in [3.05, 3.63) is 58.0 Å². The van der Waals surface area contributed by atoms with Gasteiger partial charge in [-0.3, -0.25) is 4.79 Å². The van der Waals surface area contributed by atoms with Crippen molar-refractivity contribution >= 4 is 51.4 Å². The number of nitrogens with two attached hydrogens (primary N) is 1. The van der Waals surface area contributed by atoms with Gasteiger partial charge >= 0.3 is 0 Å². The van der Waals surface area contributed by atoms with Crippen LogP contribution < -0.4 is 15.8 Å². The van der Waals surface area contributed by atoms with Gasteiger partial charge in [-0.05, 0) is 30.3 Å². The van der Waals surface area contributed by atoms with Crippen LogP contribution in [0.5, 0.6) is 5.75 Å². The molecule has 0 fully saturated rings. The van der Waals surface area contributed by atoms with E-state index in [1.807, 2.05) is 0 Å². The smallest absolute Gasteiger partial charge is 0.267 e. The molecule has 1 amide bonds. The second kappa shape index (κ2) is 6.74. The highest BCUT2D eigenvalue weighted by Crippen LogP contribution is 2.37. The topological polar surface area (TPSA) is 77.2 Å². The molecule has 5 nitrogen and oxygen atoms in total. The van der Waals surface area contributed by atoms with Crippen molar-refractivity contribution in [2.45, 2.75) is 0 Å². The highest BCUT2D eigenvalue weighted by molar-refractivity contribution is 6.37. The Morgan fingerprint density at radius 3 is 2.60 bits per heavy atom. The first kappa shape index (κ1) is 17.3. The lowest BCUT2D eigenvalue weighted by molar-refractivity contribution is 0.0996. The third-order valence-electron chi connectivity index (χ3n) is 3.53. The Kier molecular flexibility index (Phi) is 4.65. The Bertz CT molecular complexity index is 995. The van der Waals surface area contributed by atoms with Crippen LogP contribution >= 0.6 is 23.2 Å². The second-order valence-electron chi connectivity index (χ2n) is 5.17. The molecule has 1 heterocycles. The van der Waals surface area contributed by atoms with E-state index in [2.05, 4.69) is 10.3 Å². The Morgan fingerprint density at radius 2 is 1.92 bits per heavy atom. The number of carbonyl (C=O) groups excluding carboxylic acids is 1. The van der Waals surface area contributed by atoms with Gasteiger partial charge < -0.3 is 15.8 Å². The summed E-state index contributed by atoms with van der Waals surface area (Å²) in [7, 11) is 1.47. The third-order valence-corrected chi connectivity index (χ3v) is 4.14. The molecular weight excluding hydrogens is 368 g/mol. The number of ether oxygens (including phenoxy) is 1. The van der Waals surface area contributed by atoms with Gasteiger partial charge in [-0.15, -0.1) is 0 Å². The number of nitrogens with one attached hydrogen (secondary N) is 1. The zero-order valence-corrected chi connectivity index (χ0v) is 14.5. The largest absolute Gasteiger partial charge is 0.495 e. The fourth-order valence-electron chi connectivity index (χ4n) is 2.35. The van der Waals surface area contributed by atoms with Crippen molar-refractivity contribution in [3.63, 3.8) is 0 Å². The third kappa shape index (κ3) is 3.45. The standard InChI is InChI=1S/C17H12Cl2FN3O2/c1-25-16-7-14(10(18)5-11(16)19)23-13-6-15(17(21)24)22-12-3-2-8(20)4-9(12)13/h2-7H,1H3,(H2,21,24)(H,22,23). The minimum atomic E-state index is -0.700. The van der Waals surface area contributed by atoms with Crippen molar-refractivity contribution in [3.8, 4) is 5.75 Å². The van der Waals surface area contributed by atoms with Crippen LogP contribution in [0.3, 0.4) is 0 Å². The Balaban J connectivity index is 2.18. The molecule has 2 aromatic carbocycles. The van der Waals surface area contributed by atoms with E-state index in [1.165, 1.54) is 37.4 Å². The number of hydrogen-bond donors (Lipinski definition) is 2. The molecule has 0 spiro atoms. The van der Waals surface area contributed by atoms with Gasteiger partial charge in [-0.25, -0.2) is 9.37 Å². The van der Waals surface area contributed by atoms with Gasteiger partial charge in [-0.1, -0.05) is 23.2 Å². The van der Waals surface area contributed by atoms with E-state index in [4.69, 9.17) is 33.7 Å². The molecule has 0 atom stereocenters. The number of fused-ring (bicyclic) bond motifs is 1. The second-order valence-corrected chi connectivity index (χ2v) is 5.99. The van der Waals surface area contributed by atoms with Crippen molar-refractivity contribution in [1.29, 1.82) is 0 Å². The van der Waals surface area contributed by atoms with Crippen LogP contribution in [0.4, 0.5) is 15.8 Å². The first-order valence-electron chi connectivity index (χ1n) is 7.09. The van der Waals surface area contributed by atoms with Gasteiger partial charge in [0.15, 0.2) is 0 Å². The molecule has 0 radical (unpaired) electrons. The van der Waals surface area contributed by atoms with Crippen LogP contribution in [-0.4, -0.2) is 18.0 Å². The van der Waals surface area contributed by atoms with Gasteiger partial charge in [0.2, 0.25) is 0 Å². The van der Waals surface area contributed by atoms with Crippen LogP contribution in [0.2, 0.25) is 10.0 Å². The highest BCUT2D eigenvalue weighted by Gasteiger charge is 2.13. The van der Waals surface area contributed by atoms with E-state index < -0.39 is 11.7 Å². The van der Waals surface area contributed by atoms with Gasteiger partial charge in [0.25, 0.3) is 5.91 Å². The van der Waals surface area contributed by atoms with E-state index in [9.17, 15) is 9.18 Å². The fraction of sp³-hybridized carbons (Fsp3) is 0.0588. The van der Waals surface area contributed by atoms with Crippen LogP contribution in [0.1, 0.15) is 10.5 Å². The summed E-state index contributed by atoms with van der Waals surface area (Å²) in [5.74, 6) is -0.730. The molecule has 1 aromatic heterocycles. The Morgan fingerprint density at radius 1 is 1.16 bits per heavy atom. The van der Waals surface area contributed by atoms with Crippen molar-refractivity contribution in [1.82, 2.24) is 4.98 Å². The Hall–Kier alpha value is -2.57. The van der Waals surface area contributed by atoms with Gasteiger partial charge in [-0.2, -0.15) is 0 Å². The number of pyridine rings is 1. The summed E-state index contributed by atoms with van der Waals surface area (Å²) in [6, 6.07) is 8.57. The van der Waals surface area contributed by atoms with Gasteiger partial charge in [0, 0.05) is 11.5 Å². The lowest BCUT2D eigenvalue weighted by Crippen LogP contribution is -2.13. The summed E-state index contributed by atoms with van der Waals surface area (Å²) < 4.78 is 18.8. The number of amides is 1. The minimum absolute atomic E-state index is 0.0404. The number of halogens is 3. The van der Waals surface area contributed by atoms with Gasteiger partial charge in [0.05, 0.1) is 34.0 Å². The number of nitrogens with zero attached hydrogens (tertiary/aromatic N) is 1. The van der Waals surface area contributed by atoms with E-state index in [-0.39, 0.29) is 5.69 Å². The molecular formula is C17H12Cl2FN3O2. The van der Waals surface area contributed by atoms with E-state index in [0.29, 0.717) is 38.1 Å². The number of carbonyl (C=O) groups is 1. The minimum Gasteiger partial charge on any atom is -0.495 e. The van der Waals surface area contributed by atoms with Crippen LogP contribution in [0, 0.1) is 5.82 Å². The zero-order valence-electron chi connectivity index (χ0n) is 12.9. The first-order valence-corrected chi connectivity index (χ1v) is 7.85. The first-order chi connectivity index (χ1) is 11.9. The molecule has 8 heteroatoms. The monoisotopic (exact) mass is 379 g/mol. The molecule has 25 heavy (non-hydrogen) atoms. The molecule has 3 rings (SSSR count). The zero-order chi connectivity index (χ0) is 18.1. The lowest BCUT2D eigenvalue weighted by Gasteiger charge is -2.14. The predicted octanol–water partition coefficient (Wildman–Crippen LogP) is 4.53. The summed E-state index contributed by atoms with van der Waals surface area (Å²) in [6.07, 6.45) is 0. The van der Waals surface area contributed by atoms with Crippen molar-refractivity contribution in [2.75, 3.05) is 12.4 Å². The quantitative estimate of drug-likeness (QED) is 0.697. The van der Waals surface area contributed by atoms with E-state index in [1.54, 1.807) is 6.07 Å². The molecule has 0 saturated carbocycles. The summed E-state index contributed by atoms with van der Waals surface area (Å²) in [4.78, 5) is 15.7. The summed E-state index contributed by atoms with van der Waals surface area (Å²) in [5.41, 5.74) is 6.67. The maximum atomic E-state index is 13.7. The maximum Gasteiger partial charge on any atom is 0.267 e. The number of hydrogen-bond acceptors (Lipinski definition) is 4. The number of rotatable bonds is 4. The fourth-order valence-corrected chi connectivity index (χ4v) is 2.86. The lowest BCUT2D eigenvalue weighted by atomic mass is 10.1. The predicted molar refractivity (Wildman–Crippen MR) is 96.5 cm³/mol. The number of anilines is 2. The summed E-state index contributed by atoms with van der Waals surface area (Å²) in [5, 5.41) is 4.20. The molecule has 3 aromatic rings. The van der Waals surface area contributed by atoms with Crippen LogP contribution in [0.25, 0.3) is 10.9 Å². The average molecular weight is 380 g/mol. The van der Waals surface area contributed by atoms with Crippen molar-refractivity contribution in [2.24, 2.45) is 5.73 Å². The number of methoxy groups -OCH3 is 1. The average Bonchev–Trinajstić information content (AvgIpc) is 2.57. The number of benzene rings is 2. The molecule has 0 unspecified atom stereocenters. The van der Waals surface area contributed by atoms with E-state index in [0.717, 1.165) is 0 Å². The SMILES string of the molecule is COc1cc(Nc2cc(C(N)=O)nc3ccc(F)cc23)c(Cl)cc1Cl. The summed E-state index contributed by atoms with van der Waals surface area (Å²) >= 11 is 12.2. The Labute approximate surface area is 152 Å². The molecule has 3 N–H and O–H groups in total. The molecule has 0 aliphatic carbocycles. The van der Waals surface area contributed by atoms with E-state index >= 15 is 0 Å². The molecule has 0 aliphatic rings. The number of primary amides is 1. The molecule has 0 aliphatic heterocycles. The van der Waals surface area contributed by atoms with Gasteiger partial charge in [0.1, 0.15) is 17.3 Å². The summed E-state index contributed by atoms with van der Waals surface area (Å²) in [6.45, 7) is 0. The number of aromatic nitrogens is 1. The molecule has 0 bridgehead atoms. The molecule has 0 saturated heterocycles. The highest BCUT2D eigenvalue weighted by atomic mass is 35.5. The normalized spacial score (nSPS) is 10.7. The maximum absolute atomic E-state index is 13.7. The molecule has 128 valence electrons. The van der Waals surface area contributed by atoms with Crippen molar-refractivity contribution < 1.29 is 13.9 Å².